The van der Waals surface area contributed by atoms with E-state index >= 15 is 0 Å². The maximum absolute atomic E-state index is 12.2. The zero-order chi connectivity index (χ0) is 16.1. The highest BCUT2D eigenvalue weighted by Gasteiger charge is 2.34. The molecule has 0 bridgehead atoms. The fraction of sp³-hybridized carbons (Fsp3) is 0. The van der Waals surface area contributed by atoms with Crippen LogP contribution in [0.1, 0.15) is 20.7 Å². The number of carbonyl (C=O) groups is 2. The smallest absolute Gasteiger partial charge is 0.347 e. The van der Waals surface area contributed by atoms with E-state index in [9.17, 15) is 9.59 Å². The highest BCUT2D eigenvalue weighted by Crippen LogP contribution is 2.41. The molecule has 3 aromatic rings. The van der Waals surface area contributed by atoms with Gasteiger partial charge in [0.15, 0.2) is 0 Å². The third-order valence-electron chi connectivity index (χ3n) is 3.84. The van der Waals surface area contributed by atoms with Gasteiger partial charge in [0.25, 0.3) is 0 Å². The van der Waals surface area contributed by atoms with Gasteiger partial charge in [-0.15, -0.1) is 0 Å². The van der Waals surface area contributed by atoms with E-state index in [1.807, 2.05) is 12.1 Å². The first-order chi connectivity index (χ1) is 11.1. The summed E-state index contributed by atoms with van der Waals surface area (Å²) in [6, 6.07) is 14.1. The Kier molecular flexibility index (Phi) is 3.15. The van der Waals surface area contributed by atoms with Gasteiger partial charge in [-0.25, -0.2) is 9.59 Å². The summed E-state index contributed by atoms with van der Waals surface area (Å²) in [7, 11) is 0. The lowest BCUT2D eigenvalue weighted by atomic mass is 9.90. The molecule has 0 unspecified atom stereocenters. The number of hydrogen-bond acceptors (Lipinski definition) is 3. The molecule has 0 radical (unpaired) electrons. The summed E-state index contributed by atoms with van der Waals surface area (Å²) < 4.78 is 4.78. The highest BCUT2D eigenvalue weighted by atomic mass is 35.5. The standard InChI is InChI=1S/C18H8Cl2O3/c19-11-5-1-3-9(7-11)15-14-10(4-2-6-13(14)20)8-12-16(15)18(22)23-17(12)21/h1-8H. The maximum Gasteiger partial charge on any atom is 0.347 e. The Hall–Kier alpha value is -2.36. The largest absolute Gasteiger partial charge is 0.386 e. The van der Waals surface area contributed by atoms with E-state index in [0.29, 0.717) is 26.6 Å². The summed E-state index contributed by atoms with van der Waals surface area (Å²) in [5.74, 6) is -1.31. The van der Waals surface area contributed by atoms with Crippen molar-refractivity contribution in [3.63, 3.8) is 0 Å². The molecule has 0 saturated heterocycles. The van der Waals surface area contributed by atoms with Crippen LogP contribution in [-0.2, 0) is 4.74 Å². The first kappa shape index (κ1) is 14.2. The fourth-order valence-corrected chi connectivity index (χ4v) is 3.37. The Labute approximate surface area is 141 Å². The molecule has 0 amide bonds. The van der Waals surface area contributed by atoms with Crippen molar-refractivity contribution in [3.05, 3.63) is 69.7 Å². The normalized spacial score (nSPS) is 13.3. The molecular formula is C18H8Cl2O3. The van der Waals surface area contributed by atoms with Crippen LogP contribution in [0, 0.1) is 0 Å². The summed E-state index contributed by atoms with van der Waals surface area (Å²) in [5.41, 5.74) is 1.76. The van der Waals surface area contributed by atoms with E-state index in [1.165, 1.54) is 0 Å². The van der Waals surface area contributed by atoms with Crippen LogP contribution in [-0.4, -0.2) is 11.9 Å². The average Bonchev–Trinajstić information content (AvgIpc) is 2.80. The van der Waals surface area contributed by atoms with Crippen molar-refractivity contribution in [3.8, 4) is 11.1 Å². The number of halogens is 2. The number of hydrogen-bond donors (Lipinski definition) is 0. The molecule has 0 saturated carbocycles. The quantitative estimate of drug-likeness (QED) is 0.455. The molecular weight excluding hydrogens is 335 g/mol. The number of benzene rings is 3. The Morgan fingerprint density at radius 1 is 0.826 bits per heavy atom. The van der Waals surface area contributed by atoms with E-state index in [1.54, 1.807) is 36.4 Å². The molecule has 112 valence electrons. The topological polar surface area (TPSA) is 43.4 Å². The molecule has 0 aliphatic carbocycles. The highest BCUT2D eigenvalue weighted by molar-refractivity contribution is 6.38. The zero-order valence-electron chi connectivity index (χ0n) is 11.6. The average molecular weight is 343 g/mol. The molecule has 3 nitrogen and oxygen atoms in total. The molecule has 3 aromatic carbocycles. The van der Waals surface area contributed by atoms with Crippen LogP contribution in [0.2, 0.25) is 10.0 Å². The summed E-state index contributed by atoms with van der Waals surface area (Å²) in [6.07, 6.45) is 0. The Morgan fingerprint density at radius 2 is 1.61 bits per heavy atom. The number of ether oxygens (including phenoxy) is 1. The van der Waals surface area contributed by atoms with Crippen molar-refractivity contribution in [1.29, 1.82) is 0 Å². The van der Waals surface area contributed by atoms with Crippen molar-refractivity contribution in [2.75, 3.05) is 0 Å². The van der Waals surface area contributed by atoms with Gasteiger partial charge in [-0.1, -0.05) is 47.5 Å². The van der Waals surface area contributed by atoms with Crippen molar-refractivity contribution in [2.24, 2.45) is 0 Å². The lowest BCUT2D eigenvalue weighted by molar-refractivity contribution is 0.0444. The molecule has 0 N–H and O–H groups in total. The number of fused-ring (bicyclic) bond motifs is 2. The lowest BCUT2D eigenvalue weighted by Crippen LogP contribution is -1.99. The Bertz CT molecular complexity index is 1010. The summed E-state index contributed by atoms with van der Waals surface area (Å²) in [5, 5.41) is 2.48. The molecule has 5 heteroatoms. The van der Waals surface area contributed by atoms with Crippen molar-refractivity contribution in [2.45, 2.75) is 0 Å². The van der Waals surface area contributed by atoms with Gasteiger partial charge in [-0.05, 0) is 35.2 Å². The van der Waals surface area contributed by atoms with Gasteiger partial charge in [-0.3, -0.25) is 0 Å². The van der Waals surface area contributed by atoms with Gasteiger partial charge in [0.2, 0.25) is 0 Å². The van der Waals surface area contributed by atoms with Crippen molar-refractivity contribution in [1.82, 2.24) is 0 Å². The molecule has 1 aliphatic rings. The fourth-order valence-electron chi connectivity index (χ4n) is 2.91. The predicted octanol–water partition coefficient (Wildman–Crippen LogP) is 5.12. The van der Waals surface area contributed by atoms with E-state index < -0.39 is 11.9 Å². The van der Waals surface area contributed by atoms with Gasteiger partial charge >= 0.3 is 11.9 Å². The zero-order valence-corrected chi connectivity index (χ0v) is 13.1. The molecule has 0 fully saturated rings. The molecule has 1 aliphatic heterocycles. The summed E-state index contributed by atoms with van der Waals surface area (Å²) >= 11 is 12.5. The van der Waals surface area contributed by atoms with Crippen LogP contribution in [0.5, 0.6) is 0 Å². The van der Waals surface area contributed by atoms with Crippen LogP contribution in [0.15, 0.2) is 48.5 Å². The Balaban J connectivity index is 2.22. The van der Waals surface area contributed by atoms with Gasteiger partial charge in [0, 0.05) is 21.0 Å². The second kappa shape index (κ2) is 5.08. The van der Waals surface area contributed by atoms with Gasteiger partial charge < -0.3 is 4.74 Å². The second-order valence-electron chi connectivity index (χ2n) is 5.20. The Morgan fingerprint density at radius 3 is 2.39 bits per heavy atom. The van der Waals surface area contributed by atoms with E-state index in [-0.39, 0.29) is 11.1 Å². The van der Waals surface area contributed by atoms with Crippen molar-refractivity contribution >= 4 is 45.9 Å². The summed E-state index contributed by atoms with van der Waals surface area (Å²) in [4.78, 5) is 24.1. The molecule has 0 spiro atoms. The minimum atomic E-state index is -0.665. The predicted molar refractivity (Wildman–Crippen MR) is 89.1 cm³/mol. The van der Waals surface area contributed by atoms with E-state index in [2.05, 4.69) is 0 Å². The molecule has 4 rings (SSSR count). The number of cyclic esters (lactones) is 2. The van der Waals surface area contributed by atoms with Gasteiger partial charge in [-0.2, -0.15) is 0 Å². The minimum absolute atomic E-state index is 0.234. The van der Waals surface area contributed by atoms with Crippen molar-refractivity contribution < 1.29 is 14.3 Å². The van der Waals surface area contributed by atoms with Crippen LogP contribution in [0.25, 0.3) is 21.9 Å². The van der Waals surface area contributed by atoms with Gasteiger partial charge in [0.1, 0.15) is 0 Å². The molecule has 23 heavy (non-hydrogen) atoms. The summed E-state index contributed by atoms with van der Waals surface area (Å²) in [6.45, 7) is 0. The van der Waals surface area contributed by atoms with Crippen LogP contribution in [0.3, 0.4) is 0 Å². The third kappa shape index (κ3) is 2.12. The minimum Gasteiger partial charge on any atom is -0.386 e. The first-order valence-corrected chi connectivity index (χ1v) is 7.59. The van der Waals surface area contributed by atoms with E-state index in [0.717, 1.165) is 5.39 Å². The maximum atomic E-state index is 12.2. The number of carbonyl (C=O) groups excluding carboxylic acids is 2. The first-order valence-electron chi connectivity index (χ1n) is 6.84. The monoisotopic (exact) mass is 342 g/mol. The molecule has 0 atom stereocenters. The van der Waals surface area contributed by atoms with E-state index in [4.69, 9.17) is 27.9 Å². The molecule has 0 aromatic heterocycles. The second-order valence-corrected chi connectivity index (χ2v) is 6.04. The third-order valence-corrected chi connectivity index (χ3v) is 4.39. The van der Waals surface area contributed by atoms with Crippen LogP contribution >= 0.6 is 23.2 Å². The van der Waals surface area contributed by atoms with Gasteiger partial charge in [0.05, 0.1) is 11.1 Å². The lowest BCUT2D eigenvalue weighted by Gasteiger charge is -2.12. The SMILES string of the molecule is O=C1OC(=O)c2c1cc1cccc(Cl)c1c2-c1cccc(Cl)c1. The number of esters is 2. The van der Waals surface area contributed by atoms with Crippen LogP contribution in [0.4, 0.5) is 0 Å². The molecule has 1 heterocycles. The number of rotatable bonds is 1. The van der Waals surface area contributed by atoms with Crippen LogP contribution < -0.4 is 0 Å².